The standard InChI is InChI=1S/C18H19N5O/c1-13-3-5-15(6-4-13)17(24)22-7-9-23(10-8-22)18-20-14(2)11-16(12-19)21-18/h3-6,11H,7-10H2,1-2H3. The number of carbonyl (C=O) groups excluding carboxylic acids is 1. The van der Waals surface area contributed by atoms with Crippen molar-refractivity contribution in [2.75, 3.05) is 31.1 Å². The van der Waals surface area contributed by atoms with Crippen LogP contribution in [0.5, 0.6) is 0 Å². The number of aryl methyl sites for hydroxylation is 2. The molecule has 0 radical (unpaired) electrons. The van der Waals surface area contributed by atoms with Crippen molar-refractivity contribution < 1.29 is 4.79 Å². The monoisotopic (exact) mass is 321 g/mol. The van der Waals surface area contributed by atoms with Crippen LogP contribution in [0.4, 0.5) is 5.95 Å². The Morgan fingerprint density at radius 3 is 2.38 bits per heavy atom. The molecule has 0 unspecified atom stereocenters. The molecule has 2 aromatic rings. The van der Waals surface area contributed by atoms with Crippen LogP contribution in [-0.4, -0.2) is 47.0 Å². The molecule has 0 bridgehead atoms. The van der Waals surface area contributed by atoms with Crippen molar-refractivity contribution in [3.8, 4) is 6.07 Å². The summed E-state index contributed by atoms with van der Waals surface area (Å²) in [5, 5.41) is 9.03. The molecule has 1 aromatic heterocycles. The number of anilines is 1. The fraction of sp³-hybridized carbons (Fsp3) is 0.333. The van der Waals surface area contributed by atoms with Crippen LogP contribution >= 0.6 is 0 Å². The maximum Gasteiger partial charge on any atom is 0.253 e. The molecular formula is C18H19N5O. The lowest BCUT2D eigenvalue weighted by molar-refractivity contribution is 0.0746. The number of nitriles is 1. The van der Waals surface area contributed by atoms with E-state index >= 15 is 0 Å². The predicted molar refractivity (Wildman–Crippen MR) is 90.8 cm³/mol. The van der Waals surface area contributed by atoms with Crippen LogP contribution in [0.3, 0.4) is 0 Å². The lowest BCUT2D eigenvalue weighted by Gasteiger charge is -2.34. The van der Waals surface area contributed by atoms with E-state index in [1.165, 1.54) is 0 Å². The predicted octanol–water partition coefficient (Wildman–Crippen LogP) is 1.93. The second-order valence-electron chi connectivity index (χ2n) is 5.95. The molecule has 1 saturated heterocycles. The Hall–Kier alpha value is -2.94. The molecule has 0 atom stereocenters. The molecule has 0 saturated carbocycles. The number of hydrogen-bond donors (Lipinski definition) is 0. The summed E-state index contributed by atoms with van der Waals surface area (Å²) in [6.07, 6.45) is 0. The number of nitrogens with zero attached hydrogens (tertiary/aromatic N) is 5. The third-order valence-electron chi connectivity index (χ3n) is 4.11. The van der Waals surface area contributed by atoms with Crippen molar-refractivity contribution in [3.63, 3.8) is 0 Å². The molecule has 3 rings (SSSR count). The van der Waals surface area contributed by atoms with Crippen LogP contribution in [0.25, 0.3) is 0 Å². The van der Waals surface area contributed by atoms with Gasteiger partial charge in [0.1, 0.15) is 11.8 Å². The normalized spacial score (nSPS) is 14.4. The van der Waals surface area contributed by atoms with E-state index in [0.29, 0.717) is 43.4 Å². The number of benzene rings is 1. The first-order valence-electron chi connectivity index (χ1n) is 7.93. The van der Waals surface area contributed by atoms with Crippen molar-refractivity contribution in [1.82, 2.24) is 14.9 Å². The molecule has 1 aliphatic rings. The number of hydrogen-bond acceptors (Lipinski definition) is 5. The largest absolute Gasteiger partial charge is 0.337 e. The third kappa shape index (κ3) is 3.35. The first-order valence-corrected chi connectivity index (χ1v) is 7.93. The molecule has 6 nitrogen and oxygen atoms in total. The van der Waals surface area contributed by atoms with Gasteiger partial charge in [-0.05, 0) is 32.0 Å². The van der Waals surface area contributed by atoms with E-state index in [4.69, 9.17) is 5.26 Å². The van der Waals surface area contributed by atoms with E-state index in [9.17, 15) is 4.79 Å². The Kier molecular flexibility index (Phi) is 4.43. The summed E-state index contributed by atoms with van der Waals surface area (Å²) >= 11 is 0. The lowest BCUT2D eigenvalue weighted by Crippen LogP contribution is -2.49. The molecule has 2 heterocycles. The Bertz CT molecular complexity index is 786. The highest BCUT2D eigenvalue weighted by Crippen LogP contribution is 2.15. The van der Waals surface area contributed by atoms with Gasteiger partial charge in [-0.1, -0.05) is 17.7 Å². The molecule has 1 amide bonds. The summed E-state index contributed by atoms with van der Waals surface area (Å²) in [6.45, 7) is 6.41. The second kappa shape index (κ2) is 6.67. The van der Waals surface area contributed by atoms with Gasteiger partial charge in [0, 0.05) is 37.4 Å². The zero-order chi connectivity index (χ0) is 17.1. The minimum Gasteiger partial charge on any atom is -0.337 e. The molecule has 0 spiro atoms. The van der Waals surface area contributed by atoms with Crippen LogP contribution in [0.2, 0.25) is 0 Å². The van der Waals surface area contributed by atoms with E-state index < -0.39 is 0 Å². The van der Waals surface area contributed by atoms with Gasteiger partial charge < -0.3 is 9.80 Å². The zero-order valence-corrected chi connectivity index (χ0v) is 13.9. The van der Waals surface area contributed by atoms with E-state index in [1.54, 1.807) is 6.07 Å². The van der Waals surface area contributed by atoms with E-state index in [0.717, 1.165) is 11.3 Å². The van der Waals surface area contributed by atoms with Gasteiger partial charge in [-0.25, -0.2) is 9.97 Å². The van der Waals surface area contributed by atoms with Crippen molar-refractivity contribution >= 4 is 11.9 Å². The number of amides is 1. The van der Waals surface area contributed by atoms with Crippen molar-refractivity contribution in [2.24, 2.45) is 0 Å². The highest BCUT2D eigenvalue weighted by atomic mass is 16.2. The minimum atomic E-state index is 0.0533. The Labute approximate surface area is 141 Å². The van der Waals surface area contributed by atoms with E-state index in [-0.39, 0.29) is 5.91 Å². The molecule has 24 heavy (non-hydrogen) atoms. The summed E-state index contributed by atoms with van der Waals surface area (Å²) in [5.41, 5.74) is 3.00. The average Bonchev–Trinajstić information content (AvgIpc) is 2.61. The summed E-state index contributed by atoms with van der Waals surface area (Å²) in [7, 11) is 0. The molecule has 1 aromatic carbocycles. The number of carbonyl (C=O) groups is 1. The van der Waals surface area contributed by atoms with Crippen LogP contribution in [-0.2, 0) is 0 Å². The number of aromatic nitrogens is 2. The molecule has 6 heteroatoms. The maximum atomic E-state index is 12.5. The van der Waals surface area contributed by atoms with Gasteiger partial charge in [0.25, 0.3) is 5.91 Å². The minimum absolute atomic E-state index is 0.0533. The molecule has 0 aliphatic carbocycles. The highest BCUT2D eigenvalue weighted by molar-refractivity contribution is 5.94. The van der Waals surface area contributed by atoms with Gasteiger partial charge in [-0.3, -0.25) is 4.79 Å². The summed E-state index contributed by atoms with van der Waals surface area (Å²) < 4.78 is 0. The van der Waals surface area contributed by atoms with Crippen molar-refractivity contribution in [3.05, 3.63) is 52.8 Å². The van der Waals surface area contributed by atoms with E-state index in [1.807, 2.05) is 47.9 Å². The van der Waals surface area contributed by atoms with Crippen molar-refractivity contribution in [1.29, 1.82) is 5.26 Å². The van der Waals surface area contributed by atoms with Gasteiger partial charge in [-0.2, -0.15) is 5.26 Å². The molecule has 1 aliphatic heterocycles. The third-order valence-corrected chi connectivity index (χ3v) is 4.11. The highest BCUT2D eigenvalue weighted by Gasteiger charge is 2.23. The first kappa shape index (κ1) is 15.9. The summed E-state index contributed by atoms with van der Waals surface area (Å²) in [6, 6.07) is 11.4. The van der Waals surface area contributed by atoms with Gasteiger partial charge >= 0.3 is 0 Å². The summed E-state index contributed by atoms with van der Waals surface area (Å²) in [4.78, 5) is 25.1. The topological polar surface area (TPSA) is 73.1 Å². The molecule has 122 valence electrons. The van der Waals surface area contributed by atoms with Crippen molar-refractivity contribution in [2.45, 2.75) is 13.8 Å². The quantitative estimate of drug-likeness (QED) is 0.845. The van der Waals surface area contributed by atoms with Crippen LogP contribution in [0, 0.1) is 25.2 Å². The van der Waals surface area contributed by atoms with Gasteiger partial charge in [-0.15, -0.1) is 0 Å². The average molecular weight is 321 g/mol. The van der Waals surface area contributed by atoms with Crippen LogP contribution in [0.15, 0.2) is 30.3 Å². The van der Waals surface area contributed by atoms with Crippen LogP contribution in [0.1, 0.15) is 27.3 Å². The summed E-state index contributed by atoms with van der Waals surface area (Å²) in [5.74, 6) is 0.617. The molecule has 1 fully saturated rings. The fourth-order valence-electron chi connectivity index (χ4n) is 2.74. The number of piperazine rings is 1. The smallest absolute Gasteiger partial charge is 0.253 e. The Balaban J connectivity index is 1.67. The van der Waals surface area contributed by atoms with E-state index in [2.05, 4.69) is 16.0 Å². The Morgan fingerprint density at radius 2 is 1.75 bits per heavy atom. The zero-order valence-electron chi connectivity index (χ0n) is 13.9. The SMILES string of the molecule is Cc1ccc(C(=O)N2CCN(c3nc(C)cc(C#N)n3)CC2)cc1. The van der Waals surface area contributed by atoms with Crippen LogP contribution < -0.4 is 4.90 Å². The van der Waals surface area contributed by atoms with Gasteiger partial charge in [0.2, 0.25) is 5.95 Å². The van der Waals surface area contributed by atoms with Gasteiger partial charge in [0.15, 0.2) is 0 Å². The second-order valence-corrected chi connectivity index (χ2v) is 5.95. The Morgan fingerprint density at radius 1 is 1.08 bits per heavy atom. The number of rotatable bonds is 2. The molecule has 0 N–H and O–H groups in total. The maximum absolute atomic E-state index is 12.5. The van der Waals surface area contributed by atoms with Gasteiger partial charge in [0.05, 0.1) is 0 Å². The molecular weight excluding hydrogens is 302 g/mol. The first-order chi connectivity index (χ1) is 11.6. The lowest BCUT2D eigenvalue weighted by atomic mass is 10.1. The fourth-order valence-corrected chi connectivity index (χ4v) is 2.74.